The van der Waals surface area contributed by atoms with Gasteiger partial charge in [-0.3, -0.25) is 14.9 Å². The number of allylic oxidation sites excluding steroid dienone is 1. The Kier molecular flexibility index (Phi) is 6.94. The molecule has 2 amide bonds. The first-order valence-corrected chi connectivity index (χ1v) is 8.58. The van der Waals surface area contributed by atoms with Crippen LogP contribution in [0.15, 0.2) is 17.1 Å². The van der Waals surface area contributed by atoms with E-state index in [-0.39, 0.29) is 13.0 Å². The second-order valence-electron chi connectivity index (χ2n) is 6.78. The van der Waals surface area contributed by atoms with Crippen LogP contribution in [-0.4, -0.2) is 54.6 Å². The quantitative estimate of drug-likeness (QED) is 0.519. The lowest BCUT2D eigenvalue weighted by Gasteiger charge is -2.22. The molecule has 1 aliphatic rings. The van der Waals surface area contributed by atoms with Crippen LogP contribution in [0.2, 0.25) is 0 Å². The first-order valence-electron chi connectivity index (χ1n) is 10.1. The van der Waals surface area contributed by atoms with Gasteiger partial charge in [-0.25, -0.2) is 4.79 Å². The molecule has 0 spiro atoms. The molecule has 0 saturated heterocycles. The Morgan fingerprint density at radius 2 is 2.04 bits per heavy atom. The smallest absolute Gasteiger partial charge is 0.437 e. The largest absolute Gasteiger partial charge is 0.464 e. The number of hydrogen-bond acceptors (Lipinski definition) is 5. The van der Waals surface area contributed by atoms with Crippen molar-refractivity contribution in [2.45, 2.75) is 58.5 Å². The van der Waals surface area contributed by atoms with Gasteiger partial charge in [-0.1, -0.05) is 12.2 Å². The molecule has 8 nitrogen and oxygen atoms in total. The standard InChI is InChI=1S/C18H29N3O5/c1-18(2,3)26-17(24)20-16-19-14(22)11-9-7-5-6-8-10-12-25-15(23)13-21(16)4/h6,8H,5,7,9-13H2,1-4H3,(H,19,20,22,24)/b8-6+/i4D3. The maximum absolute atomic E-state index is 12.3. The van der Waals surface area contributed by atoms with Gasteiger partial charge < -0.3 is 14.4 Å². The molecule has 0 aromatic heterocycles. The van der Waals surface area contributed by atoms with Crippen molar-refractivity contribution < 1.29 is 28.0 Å². The Morgan fingerprint density at radius 1 is 1.31 bits per heavy atom. The van der Waals surface area contributed by atoms with Crippen LogP contribution >= 0.6 is 0 Å². The summed E-state index contributed by atoms with van der Waals surface area (Å²) in [6.45, 7) is 1.37. The minimum Gasteiger partial charge on any atom is -0.464 e. The number of cyclic esters (lactones) is 1. The van der Waals surface area contributed by atoms with Gasteiger partial charge in [-0.05, 0) is 46.5 Å². The highest BCUT2D eigenvalue weighted by molar-refractivity contribution is 6.01. The molecule has 1 rings (SSSR count). The fourth-order valence-corrected chi connectivity index (χ4v) is 1.99. The summed E-state index contributed by atoms with van der Waals surface area (Å²) in [6.07, 6.45) is 5.42. The second kappa shape index (κ2) is 10.6. The summed E-state index contributed by atoms with van der Waals surface area (Å²) in [6, 6.07) is 0. The van der Waals surface area contributed by atoms with Crippen LogP contribution in [0.3, 0.4) is 0 Å². The van der Waals surface area contributed by atoms with Crippen LogP contribution in [0.25, 0.3) is 0 Å². The predicted octanol–water partition coefficient (Wildman–Crippen LogP) is 2.39. The molecule has 8 heteroatoms. The zero-order chi connectivity index (χ0) is 22.1. The molecule has 1 N–H and O–H groups in total. The molecule has 0 saturated carbocycles. The van der Waals surface area contributed by atoms with Crippen molar-refractivity contribution >= 4 is 23.9 Å². The van der Waals surface area contributed by atoms with E-state index in [1.165, 1.54) is 0 Å². The third-order valence-corrected chi connectivity index (χ3v) is 3.12. The van der Waals surface area contributed by atoms with Gasteiger partial charge >= 0.3 is 12.1 Å². The van der Waals surface area contributed by atoms with Crippen LogP contribution in [0.1, 0.15) is 57.0 Å². The van der Waals surface area contributed by atoms with Gasteiger partial charge in [0.2, 0.25) is 11.9 Å². The molecule has 0 fully saturated rings. The molecule has 146 valence electrons. The van der Waals surface area contributed by atoms with E-state index in [0.717, 1.165) is 12.8 Å². The topological polar surface area (TPSA) is 97.3 Å². The molecule has 0 bridgehead atoms. The molecule has 1 heterocycles. The van der Waals surface area contributed by atoms with E-state index >= 15 is 0 Å². The van der Waals surface area contributed by atoms with Gasteiger partial charge in [0.1, 0.15) is 12.1 Å². The maximum Gasteiger partial charge on any atom is 0.437 e. The summed E-state index contributed by atoms with van der Waals surface area (Å²) < 4.78 is 33.2. The number of likely N-dealkylation sites (N-methyl/N-ethyl adjacent to an activating group) is 1. The molecule has 1 aliphatic heterocycles. The van der Waals surface area contributed by atoms with Crippen molar-refractivity contribution in [3.63, 3.8) is 0 Å². The van der Waals surface area contributed by atoms with Gasteiger partial charge in [-0.2, -0.15) is 0 Å². The first kappa shape index (κ1) is 17.1. The third-order valence-electron chi connectivity index (χ3n) is 3.12. The lowest BCUT2D eigenvalue weighted by Crippen LogP contribution is -2.45. The normalized spacial score (nSPS) is 23.4. The van der Waals surface area contributed by atoms with Crippen LogP contribution in [0, 0.1) is 0 Å². The maximum atomic E-state index is 12.3. The predicted molar refractivity (Wildman–Crippen MR) is 97.6 cm³/mol. The Labute approximate surface area is 158 Å². The van der Waals surface area contributed by atoms with Crippen LogP contribution in [0.4, 0.5) is 4.79 Å². The van der Waals surface area contributed by atoms with Gasteiger partial charge in [0.15, 0.2) is 0 Å². The number of aliphatic imine (C=N–C) groups is 1. The lowest BCUT2D eigenvalue weighted by atomic mass is 10.1. The van der Waals surface area contributed by atoms with Crippen molar-refractivity contribution in [1.29, 1.82) is 0 Å². The van der Waals surface area contributed by atoms with Crippen molar-refractivity contribution in [1.82, 2.24) is 10.2 Å². The molecule has 0 aromatic rings. The number of ether oxygens (including phenoxy) is 2. The molecule has 0 aliphatic carbocycles. The van der Waals surface area contributed by atoms with Gasteiger partial charge in [0.05, 0.1) is 6.61 Å². The molecular weight excluding hydrogens is 338 g/mol. The first-order chi connectivity index (χ1) is 13.4. The van der Waals surface area contributed by atoms with Crippen molar-refractivity contribution in [2.24, 2.45) is 4.99 Å². The summed E-state index contributed by atoms with van der Waals surface area (Å²) in [7, 11) is 0. The Balaban J connectivity index is 3.18. The summed E-state index contributed by atoms with van der Waals surface area (Å²) in [5.41, 5.74) is -0.873. The van der Waals surface area contributed by atoms with Crippen LogP contribution in [-0.2, 0) is 19.1 Å². The van der Waals surface area contributed by atoms with Crippen LogP contribution in [0.5, 0.6) is 0 Å². The monoisotopic (exact) mass is 370 g/mol. The highest BCUT2D eigenvalue weighted by Gasteiger charge is 2.20. The van der Waals surface area contributed by atoms with E-state index in [2.05, 4.69) is 10.3 Å². The number of amides is 2. The highest BCUT2D eigenvalue weighted by atomic mass is 16.6. The van der Waals surface area contributed by atoms with Gasteiger partial charge in [0, 0.05) is 17.5 Å². The van der Waals surface area contributed by atoms with Gasteiger partial charge in [-0.15, -0.1) is 4.99 Å². The number of guanidine groups is 1. The zero-order valence-electron chi connectivity index (χ0n) is 18.5. The van der Waals surface area contributed by atoms with Crippen molar-refractivity contribution in [3.05, 3.63) is 12.2 Å². The van der Waals surface area contributed by atoms with E-state index < -0.39 is 43.1 Å². The number of hydrogen-bond donors (Lipinski definition) is 1. The van der Waals surface area contributed by atoms with Crippen molar-refractivity contribution in [2.75, 3.05) is 20.1 Å². The van der Waals surface area contributed by atoms with E-state index in [1.54, 1.807) is 20.8 Å². The van der Waals surface area contributed by atoms with E-state index in [4.69, 9.17) is 13.6 Å². The summed E-state index contributed by atoms with van der Waals surface area (Å²) >= 11 is 0. The lowest BCUT2D eigenvalue weighted by molar-refractivity contribution is -0.143. The number of nitrogens with zero attached hydrogens (tertiary/aromatic N) is 2. The molecule has 26 heavy (non-hydrogen) atoms. The van der Waals surface area contributed by atoms with Crippen LogP contribution < -0.4 is 5.32 Å². The second-order valence-corrected chi connectivity index (χ2v) is 6.78. The Morgan fingerprint density at radius 3 is 2.73 bits per heavy atom. The number of carbonyl (C=O) groups is 3. The summed E-state index contributed by atoms with van der Waals surface area (Å²) in [5.74, 6) is -1.92. The number of esters is 1. The van der Waals surface area contributed by atoms with E-state index in [0.29, 0.717) is 17.7 Å². The zero-order valence-corrected chi connectivity index (χ0v) is 15.5. The molecule has 0 radical (unpaired) electrons. The fourth-order valence-electron chi connectivity index (χ4n) is 1.99. The summed E-state index contributed by atoms with van der Waals surface area (Å²) in [4.78, 5) is 40.6. The van der Waals surface area contributed by atoms with Crippen molar-refractivity contribution in [3.8, 4) is 0 Å². The average Bonchev–Trinajstić information content (AvgIpc) is 2.54. The fraction of sp³-hybridized carbons (Fsp3) is 0.667. The molecule has 0 unspecified atom stereocenters. The minimum absolute atomic E-state index is 0.0923. The van der Waals surface area contributed by atoms with Gasteiger partial charge in [0.25, 0.3) is 0 Å². The molecular formula is C18H29N3O5. The number of nitrogens with one attached hydrogen (secondary N) is 1. The highest BCUT2D eigenvalue weighted by Crippen LogP contribution is 2.08. The number of rotatable bonds is 0. The summed E-state index contributed by atoms with van der Waals surface area (Å²) in [5, 5.41) is 2.33. The average molecular weight is 370 g/mol. The Hall–Kier alpha value is -2.38. The Bertz CT molecular complexity index is 654. The third kappa shape index (κ3) is 9.80. The SMILES string of the molecule is [2H]C([2H])([2H])N1CC(=O)OCC/C=C/CCCCC(=O)NC1=NC(=O)OC(C)(C)C. The molecule has 0 atom stereocenters. The number of carbonyl (C=O) groups excluding carboxylic acids is 3. The van der Waals surface area contributed by atoms with E-state index in [9.17, 15) is 14.4 Å². The van der Waals surface area contributed by atoms with E-state index in [1.807, 2.05) is 12.2 Å². The molecule has 0 aromatic carbocycles. The minimum atomic E-state index is -2.86.